The average Bonchev–Trinajstić information content (AvgIpc) is 3.44. The average molecular weight is 436 g/mol. The molecule has 1 saturated heterocycles. The second-order valence-corrected chi connectivity index (χ2v) is 7.80. The number of anilines is 1. The molecule has 10 heteroatoms. The molecular formula is C21H20N6O3S. The number of nitriles is 1. The molecule has 3 aromatic heterocycles. The highest BCUT2D eigenvalue weighted by atomic mass is 32.1. The Morgan fingerprint density at radius 3 is 3.03 bits per heavy atom. The van der Waals surface area contributed by atoms with E-state index in [0.717, 1.165) is 29.7 Å². The van der Waals surface area contributed by atoms with E-state index in [4.69, 9.17) is 4.74 Å². The molecule has 1 atom stereocenters. The van der Waals surface area contributed by atoms with Gasteiger partial charge in [0.15, 0.2) is 12.1 Å². The Morgan fingerprint density at radius 2 is 2.32 bits per heavy atom. The van der Waals surface area contributed by atoms with Crippen molar-refractivity contribution in [1.82, 2.24) is 19.7 Å². The Labute approximate surface area is 183 Å². The maximum Gasteiger partial charge on any atom is 0.412 e. The van der Waals surface area contributed by atoms with E-state index in [1.54, 1.807) is 35.4 Å². The summed E-state index contributed by atoms with van der Waals surface area (Å²) in [4.78, 5) is 21.5. The predicted octanol–water partition coefficient (Wildman–Crippen LogP) is 4.46. The maximum atomic E-state index is 11.5. The van der Waals surface area contributed by atoms with E-state index in [9.17, 15) is 10.1 Å². The number of carbonyl (C=O) groups is 1. The second kappa shape index (κ2) is 9.07. The van der Waals surface area contributed by atoms with Crippen LogP contribution >= 0.6 is 11.3 Å². The first-order valence-corrected chi connectivity index (χ1v) is 10.5. The summed E-state index contributed by atoms with van der Waals surface area (Å²) in [6.45, 7) is 4.59. The summed E-state index contributed by atoms with van der Waals surface area (Å²) in [6, 6.07) is 5.72. The van der Waals surface area contributed by atoms with Crippen LogP contribution in [0.15, 0.2) is 31.2 Å². The molecule has 1 N–H and O–H groups in total. The fourth-order valence-electron chi connectivity index (χ4n) is 3.36. The molecular weight excluding hydrogens is 416 g/mol. The molecule has 0 aromatic carbocycles. The molecule has 0 aliphatic carbocycles. The van der Waals surface area contributed by atoms with Crippen LogP contribution in [0.25, 0.3) is 27.2 Å². The minimum absolute atomic E-state index is 0.121. The van der Waals surface area contributed by atoms with Crippen molar-refractivity contribution in [2.45, 2.75) is 25.5 Å². The van der Waals surface area contributed by atoms with E-state index >= 15 is 0 Å². The molecule has 0 bridgehead atoms. The minimum Gasteiger partial charge on any atom is -0.453 e. The SMILES string of the molecule is C=Cc1c(-c2ncn(C3CCCCO3)n2)sc(-c2ccnc(NC(=O)OC)c2)c1C#N. The zero-order valence-electron chi connectivity index (χ0n) is 16.9. The normalized spacial score (nSPS) is 15.8. The summed E-state index contributed by atoms with van der Waals surface area (Å²) in [5.74, 6) is 0.832. The van der Waals surface area contributed by atoms with Gasteiger partial charge in [0.1, 0.15) is 18.2 Å². The van der Waals surface area contributed by atoms with Crippen molar-refractivity contribution in [3.05, 3.63) is 42.4 Å². The highest BCUT2D eigenvalue weighted by Gasteiger charge is 2.23. The van der Waals surface area contributed by atoms with Crippen molar-refractivity contribution >= 4 is 29.3 Å². The van der Waals surface area contributed by atoms with Crippen LogP contribution in [-0.2, 0) is 9.47 Å². The molecule has 4 rings (SSSR count). The number of nitrogens with zero attached hydrogens (tertiary/aromatic N) is 5. The van der Waals surface area contributed by atoms with Gasteiger partial charge < -0.3 is 9.47 Å². The van der Waals surface area contributed by atoms with Crippen LogP contribution in [0, 0.1) is 11.3 Å². The molecule has 1 amide bonds. The number of aromatic nitrogens is 4. The van der Waals surface area contributed by atoms with Crippen LogP contribution in [0.1, 0.15) is 36.6 Å². The minimum atomic E-state index is -0.622. The van der Waals surface area contributed by atoms with Gasteiger partial charge in [0.25, 0.3) is 0 Å². The van der Waals surface area contributed by atoms with Gasteiger partial charge >= 0.3 is 6.09 Å². The Hall–Kier alpha value is -3.55. The molecule has 1 unspecified atom stereocenters. The summed E-state index contributed by atoms with van der Waals surface area (Å²) >= 11 is 1.39. The van der Waals surface area contributed by atoms with Gasteiger partial charge in [-0.15, -0.1) is 16.4 Å². The van der Waals surface area contributed by atoms with Gasteiger partial charge in [-0.05, 0) is 37.0 Å². The smallest absolute Gasteiger partial charge is 0.412 e. The number of amides is 1. The van der Waals surface area contributed by atoms with Crippen LogP contribution in [0.3, 0.4) is 0 Å². The van der Waals surface area contributed by atoms with E-state index in [2.05, 4.69) is 37.8 Å². The van der Waals surface area contributed by atoms with Crippen LogP contribution in [0.4, 0.5) is 10.6 Å². The topological polar surface area (TPSA) is 115 Å². The van der Waals surface area contributed by atoms with Crippen LogP contribution in [-0.4, -0.2) is 39.6 Å². The van der Waals surface area contributed by atoms with E-state index in [-0.39, 0.29) is 6.23 Å². The molecule has 158 valence electrons. The predicted molar refractivity (Wildman–Crippen MR) is 116 cm³/mol. The summed E-state index contributed by atoms with van der Waals surface area (Å²) in [5.41, 5.74) is 1.87. The highest BCUT2D eigenvalue weighted by Crippen LogP contribution is 2.42. The first kappa shape index (κ1) is 20.7. The van der Waals surface area contributed by atoms with Crippen LogP contribution < -0.4 is 5.32 Å². The van der Waals surface area contributed by atoms with E-state index < -0.39 is 6.09 Å². The largest absolute Gasteiger partial charge is 0.453 e. The third-order valence-corrected chi connectivity index (χ3v) is 6.11. The number of rotatable bonds is 5. The Morgan fingerprint density at radius 1 is 1.45 bits per heavy atom. The van der Waals surface area contributed by atoms with Gasteiger partial charge in [0.2, 0.25) is 0 Å². The molecule has 9 nitrogen and oxygen atoms in total. The molecule has 31 heavy (non-hydrogen) atoms. The van der Waals surface area contributed by atoms with E-state index in [1.165, 1.54) is 18.4 Å². The molecule has 1 aliphatic heterocycles. The first-order valence-electron chi connectivity index (χ1n) is 9.68. The van der Waals surface area contributed by atoms with Gasteiger partial charge in [0.05, 0.1) is 22.4 Å². The third kappa shape index (κ3) is 4.19. The summed E-state index contributed by atoms with van der Waals surface area (Å²) in [7, 11) is 1.28. The van der Waals surface area contributed by atoms with Crippen molar-refractivity contribution in [2.75, 3.05) is 19.0 Å². The number of carbonyl (C=O) groups excluding carboxylic acids is 1. The number of nitrogens with one attached hydrogen (secondary N) is 1. The lowest BCUT2D eigenvalue weighted by Crippen LogP contribution is -2.18. The first-order chi connectivity index (χ1) is 15.1. The summed E-state index contributed by atoms with van der Waals surface area (Å²) in [6.07, 6.45) is 7.15. The number of hydrogen-bond acceptors (Lipinski definition) is 8. The lowest BCUT2D eigenvalue weighted by molar-refractivity contribution is -0.0395. The molecule has 0 radical (unpaired) electrons. The second-order valence-electron chi connectivity index (χ2n) is 6.78. The third-order valence-electron chi connectivity index (χ3n) is 4.86. The monoisotopic (exact) mass is 436 g/mol. The van der Waals surface area contributed by atoms with Crippen molar-refractivity contribution in [3.8, 4) is 27.2 Å². The fraction of sp³-hybridized carbons (Fsp3) is 0.286. The molecule has 4 heterocycles. The number of pyridine rings is 1. The van der Waals surface area contributed by atoms with Gasteiger partial charge in [-0.2, -0.15) is 5.26 Å². The standard InChI is InChI=1S/C21H20N6O3S/c1-3-14-15(11-22)18(13-7-8-23-16(10-13)25-21(28)29-2)31-19(14)20-24-12-27(26-20)17-6-4-5-9-30-17/h3,7-8,10,12,17H,1,4-6,9H2,2H3,(H,23,25,28). The molecule has 0 spiro atoms. The quantitative estimate of drug-likeness (QED) is 0.628. The molecule has 0 saturated carbocycles. The van der Waals surface area contributed by atoms with Gasteiger partial charge in [-0.25, -0.2) is 19.4 Å². The Balaban J connectivity index is 1.73. The zero-order chi connectivity index (χ0) is 21.8. The molecule has 1 fully saturated rings. The molecule has 1 aliphatic rings. The Kier molecular flexibility index (Phi) is 6.06. The van der Waals surface area contributed by atoms with Crippen molar-refractivity contribution in [2.24, 2.45) is 0 Å². The number of hydrogen-bond donors (Lipinski definition) is 1. The van der Waals surface area contributed by atoms with Gasteiger partial charge in [-0.1, -0.05) is 12.7 Å². The maximum absolute atomic E-state index is 11.5. The van der Waals surface area contributed by atoms with Gasteiger partial charge in [-0.3, -0.25) is 5.32 Å². The lowest BCUT2D eigenvalue weighted by Gasteiger charge is -2.21. The van der Waals surface area contributed by atoms with Crippen molar-refractivity contribution in [3.63, 3.8) is 0 Å². The fourth-order valence-corrected chi connectivity index (χ4v) is 4.55. The lowest BCUT2D eigenvalue weighted by atomic mass is 10.1. The van der Waals surface area contributed by atoms with Gasteiger partial charge in [0, 0.05) is 18.4 Å². The number of ether oxygens (including phenoxy) is 2. The van der Waals surface area contributed by atoms with Crippen molar-refractivity contribution < 1.29 is 14.3 Å². The van der Waals surface area contributed by atoms with E-state index in [0.29, 0.717) is 34.3 Å². The van der Waals surface area contributed by atoms with Crippen LogP contribution in [0.5, 0.6) is 0 Å². The number of methoxy groups -OCH3 is 1. The highest BCUT2D eigenvalue weighted by molar-refractivity contribution is 7.19. The number of thiophene rings is 1. The molecule has 3 aromatic rings. The van der Waals surface area contributed by atoms with E-state index in [1.807, 2.05) is 0 Å². The zero-order valence-corrected chi connectivity index (χ0v) is 17.7. The summed E-state index contributed by atoms with van der Waals surface area (Å²) < 4.78 is 12.1. The Bertz CT molecular complexity index is 1160. The van der Waals surface area contributed by atoms with Crippen LogP contribution in [0.2, 0.25) is 0 Å². The van der Waals surface area contributed by atoms with Crippen molar-refractivity contribution in [1.29, 1.82) is 5.26 Å². The summed E-state index contributed by atoms with van der Waals surface area (Å²) in [5, 5.41) is 17.0.